The Morgan fingerprint density at radius 3 is 2.63 bits per heavy atom. The summed E-state index contributed by atoms with van der Waals surface area (Å²) in [6, 6.07) is 20.9. The van der Waals surface area contributed by atoms with Gasteiger partial charge < -0.3 is 19.2 Å². The number of ketones is 1. The van der Waals surface area contributed by atoms with E-state index < -0.39 is 0 Å². The number of nitrogens with one attached hydrogen (secondary N) is 1. The minimum Gasteiger partial charge on any atom is -0.493 e. The second kappa shape index (κ2) is 11.8. The van der Waals surface area contributed by atoms with Gasteiger partial charge in [-0.05, 0) is 86.0 Å². The van der Waals surface area contributed by atoms with Crippen molar-refractivity contribution in [1.29, 1.82) is 0 Å². The Morgan fingerprint density at radius 1 is 1.05 bits per heavy atom. The fourth-order valence-electron chi connectivity index (χ4n) is 5.49. The van der Waals surface area contributed by atoms with E-state index >= 15 is 0 Å². The Bertz CT molecular complexity index is 1530. The van der Waals surface area contributed by atoms with Crippen molar-refractivity contribution in [1.82, 2.24) is 14.5 Å². The summed E-state index contributed by atoms with van der Waals surface area (Å²) in [5, 5.41) is 6.50. The molecule has 4 heterocycles. The van der Waals surface area contributed by atoms with Crippen molar-refractivity contribution in [3.8, 4) is 5.75 Å². The standard InChI is InChI=1S/C31H33N3O2S.ClH/c1-33-28-14-18-37-30(28)19-29(33)31(35)26-20-34(27-7-3-2-6-25(26)27)17-4-5-22-8-10-24(11-9-22)36-21-23-12-15-32-16-13-23;/h2-3,6-11,14,18-20,23,32H,4-5,12-13,15-17,21H2,1H3;1H. The van der Waals surface area contributed by atoms with E-state index in [2.05, 4.69) is 57.7 Å². The van der Waals surface area contributed by atoms with Gasteiger partial charge in [0.1, 0.15) is 5.75 Å². The van der Waals surface area contributed by atoms with Crippen LogP contribution in [0.25, 0.3) is 21.1 Å². The highest BCUT2D eigenvalue weighted by molar-refractivity contribution is 7.17. The first-order valence-corrected chi connectivity index (χ1v) is 14.1. The molecule has 2 aromatic carbocycles. The zero-order valence-electron chi connectivity index (χ0n) is 21.7. The quantitative estimate of drug-likeness (QED) is 0.205. The van der Waals surface area contributed by atoms with E-state index in [0.29, 0.717) is 5.92 Å². The van der Waals surface area contributed by atoms with Gasteiger partial charge in [-0.3, -0.25) is 4.79 Å². The molecule has 0 radical (unpaired) electrons. The van der Waals surface area contributed by atoms with E-state index in [0.717, 1.165) is 77.2 Å². The number of thiophene rings is 1. The number of halogens is 1. The van der Waals surface area contributed by atoms with Gasteiger partial charge in [0.05, 0.1) is 22.5 Å². The number of aryl methyl sites for hydroxylation is 3. The third-order valence-electron chi connectivity index (χ3n) is 7.66. The number of nitrogens with zero attached hydrogens (tertiary/aromatic N) is 2. The van der Waals surface area contributed by atoms with Crippen LogP contribution < -0.4 is 10.1 Å². The Kier molecular flexibility index (Phi) is 8.22. The van der Waals surface area contributed by atoms with Gasteiger partial charge in [0.15, 0.2) is 0 Å². The topological polar surface area (TPSA) is 48.2 Å². The van der Waals surface area contributed by atoms with Crippen LogP contribution in [0, 0.1) is 5.92 Å². The average Bonchev–Trinajstić information content (AvgIpc) is 3.64. The first kappa shape index (κ1) is 26.5. The van der Waals surface area contributed by atoms with Gasteiger partial charge in [-0.2, -0.15) is 0 Å². The van der Waals surface area contributed by atoms with Gasteiger partial charge in [0.25, 0.3) is 0 Å². The molecule has 5 aromatic rings. The summed E-state index contributed by atoms with van der Waals surface area (Å²) in [6.45, 7) is 3.88. The SMILES string of the molecule is Cl.Cn1c(C(=O)c2cn(CCCc3ccc(OCC4CCNCC4)cc3)c3ccccc23)cc2sccc21. The van der Waals surface area contributed by atoms with Crippen molar-refractivity contribution in [3.05, 3.63) is 89.1 Å². The first-order valence-electron chi connectivity index (χ1n) is 13.3. The van der Waals surface area contributed by atoms with Crippen LogP contribution in [-0.4, -0.2) is 34.6 Å². The van der Waals surface area contributed by atoms with Gasteiger partial charge in [-0.15, -0.1) is 23.7 Å². The molecule has 0 atom stereocenters. The monoisotopic (exact) mass is 547 g/mol. The molecule has 1 N–H and O–H groups in total. The number of ether oxygens (including phenoxy) is 1. The minimum atomic E-state index is 0. The Labute approximate surface area is 233 Å². The third-order valence-corrected chi connectivity index (χ3v) is 8.52. The normalized spacial score (nSPS) is 14.1. The molecule has 38 heavy (non-hydrogen) atoms. The number of piperidine rings is 1. The molecule has 0 bridgehead atoms. The van der Waals surface area contributed by atoms with E-state index in [-0.39, 0.29) is 18.2 Å². The number of carbonyl (C=O) groups excluding carboxylic acids is 1. The lowest BCUT2D eigenvalue weighted by Gasteiger charge is -2.22. The molecule has 198 valence electrons. The summed E-state index contributed by atoms with van der Waals surface area (Å²) in [4.78, 5) is 13.6. The largest absolute Gasteiger partial charge is 0.493 e. The number of rotatable bonds is 9. The van der Waals surface area contributed by atoms with Gasteiger partial charge in [0.2, 0.25) is 5.78 Å². The van der Waals surface area contributed by atoms with E-state index in [1.54, 1.807) is 11.3 Å². The van der Waals surface area contributed by atoms with E-state index in [1.807, 2.05) is 36.0 Å². The zero-order valence-corrected chi connectivity index (χ0v) is 23.3. The highest BCUT2D eigenvalue weighted by Gasteiger charge is 2.20. The fraction of sp³-hybridized carbons (Fsp3) is 0.323. The number of aromatic nitrogens is 2. The molecule has 7 heteroatoms. The predicted octanol–water partition coefficient (Wildman–Crippen LogP) is 6.86. The molecule has 3 aromatic heterocycles. The zero-order chi connectivity index (χ0) is 25.2. The van der Waals surface area contributed by atoms with Crippen molar-refractivity contribution in [2.24, 2.45) is 13.0 Å². The molecule has 5 nitrogen and oxygen atoms in total. The van der Waals surface area contributed by atoms with Crippen molar-refractivity contribution >= 4 is 50.6 Å². The molecule has 0 spiro atoms. The maximum Gasteiger partial charge on any atom is 0.211 e. The Hall–Kier alpha value is -3.06. The van der Waals surface area contributed by atoms with Crippen LogP contribution in [0.1, 0.15) is 40.9 Å². The van der Waals surface area contributed by atoms with Crippen LogP contribution >= 0.6 is 23.7 Å². The predicted molar refractivity (Wildman–Crippen MR) is 159 cm³/mol. The summed E-state index contributed by atoms with van der Waals surface area (Å²) in [6.07, 6.45) is 6.43. The summed E-state index contributed by atoms with van der Waals surface area (Å²) in [5.74, 6) is 1.70. The van der Waals surface area contributed by atoms with Crippen molar-refractivity contribution in [2.45, 2.75) is 32.2 Å². The van der Waals surface area contributed by atoms with Crippen LogP contribution in [-0.2, 0) is 20.0 Å². The van der Waals surface area contributed by atoms with Gasteiger partial charge in [0, 0.05) is 36.3 Å². The molecular formula is C31H34ClN3O2S. The summed E-state index contributed by atoms with van der Waals surface area (Å²) in [7, 11) is 1.98. The fourth-order valence-corrected chi connectivity index (χ4v) is 6.34. The number of fused-ring (bicyclic) bond motifs is 2. The highest BCUT2D eigenvalue weighted by atomic mass is 35.5. The molecule has 6 rings (SSSR count). The average molecular weight is 548 g/mol. The Morgan fingerprint density at radius 2 is 1.84 bits per heavy atom. The number of carbonyl (C=O) groups is 1. The summed E-state index contributed by atoms with van der Waals surface area (Å²) < 4.78 is 11.4. The van der Waals surface area contributed by atoms with Crippen LogP contribution in [0.2, 0.25) is 0 Å². The first-order chi connectivity index (χ1) is 18.2. The van der Waals surface area contributed by atoms with E-state index in [4.69, 9.17) is 4.74 Å². The number of hydrogen-bond acceptors (Lipinski definition) is 4. The van der Waals surface area contributed by atoms with E-state index in [1.165, 1.54) is 18.4 Å². The molecule has 0 aliphatic carbocycles. The third kappa shape index (κ3) is 5.39. The second-order valence-electron chi connectivity index (χ2n) is 10.1. The van der Waals surface area contributed by atoms with Gasteiger partial charge >= 0.3 is 0 Å². The lowest BCUT2D eigenvalue weighted by Crippen LogP contribution is -2.30. The van der Waals surface area contributed by atoms with Gasteiger partial charge in [-0.25, -0.2) is 0 Å². The molecule has 0 unspecified atom stereocenters. The maximum absolute atomic E-state index is 13.6. The molecule has 1 saturated heterocycles. The summed E-state index contributed by atoms with van der Waals surface area (Å²) >= 11 is 1.67. The van der Waals surface area contributed by atoms with Crippen LogP contribution in [0.3, 0.4) is 0 Å². The highest BCUT2D eigenvalue weighted by Crippen LogP contribution is 2.29. The smallest absolute Gasteiger partial charge is 0.211 e. The van der Waals surface area contributed by atoms with Crippen molar-refractivity contribution in [2.75, 3.05) is 19.7 Å². The minimum absolute atomic E-state index is 0. The van der Waals surface area contributed by atoms with Crippen LogP contribution in [0.5, 0.6) is 5.75 Å². The number of benzene rings is 2. The lowest BCUT2D eigenvalue weighted by molar-refractivity contribution is 0.103. The maximum atomic E-state index is 13.6. The molecule has 1 fully saturated rings. The molecular weight excluding hydrogens is 514 g/mol. The van der Waals surface area contributed by atoms with E-state index in [9.17, 15) is 4.79 Å². The van der Waals surface area contributed by atoms with Crippen LogP contribution in [0.15, 0.2) is 72.2 Å². The van der Waals surface area contributed by atoms with Crippen molar-refractivity contribution < 1.29 is 9.53 Å². The lowest BCUT2D eigenvalue weighted by atomic mass is 9.99. The van der Waals surface area contributed by atoms with Crippen LogP contribution in [0.4, 0.5) is 0 Å². The number of hydrogen-bond donors (Lipinski definition) is 1. The second-order valence-corrected chi connectivity index (χ2v) is 11.0. The molecule has 0 saturated carbocycles. The van der Waals surface area contributed by atoms with Crippen molar-refractivity contribution in [3.63, 3.8) is 0 Å². The number of para-hydroxylation sites is 1. The molecule has 0 amide bonds. The summed E-state index contributed by atoms with van der Waals surface area (Å²) in [5.41, 5.74) is 5.06. The molecule has 1 aliphatic heterocycles. The Balaban J connectivity index is 0.00000294. The molecule has 1 aliphatic rings. The van der Waals surface area contributed by atoms with Gasteiger partial charge in [-0.1, -0.05) is 30.3 Å².